The molecule has 0 spiro atoms. The van der Waals surface area contributed by atoms with Gasteiger partial charge in [0.1, 0.15) is 11.4 Å². The number of benzene rings is 2. The molecule has 5 heteroatoms. The van der Waals surface area contributed by atoms with Gasteiger partial charge in [-0.05, 0) is 51.5 Å². The van der Waals surface area contributed by atoms with Crippen LogP contribution in [0.3, 0.4) is 0 Å². The van der Waals surface area contributed by atoms with Crippen LogP contribution in [0.5, 0.6) is 17.2 Å². The largest absolute Gasteiger partial charge is 0.493 e. The summed E-state index contributed by atoms with van der Waals surface area (Å²) in [5, 5.41) is 3.12. The molecule has 0 fully saturated rings. The topological polar surface area (TPSA) is 56.8 Å². The monoisotopic (exact) mass is 369 g/mol. The number of fused-ring (bicyclic) bond motifs is 1. The molecular formula is C22H27NO4. The van der Waals surface area contributed by atoms with Gasteiger partial charge in [-0.2, -0.15) is 0 Å². The third kappa shape index (κ3) is 4.35. The molecule has 2 atom stereocenters. The van der Waals surface area contributed by atoms with Crippen LogP contribution in [-0.4, -0.2) is 24.7 Å². The summed E-state index contributed by atoms with van der Waals surface area (Å²) >= 11 is 0. The molecule has 2 aromatic carbocycles. The molecule has 1 heterocycles. The summed E-state index contributed by atoms with van der Waals surface area (Å²) in [6, 6.07) is 13.3. The highest BCUT2D eigenvalue weighted by atomic mass is 16.5. The molecule has 0 bridgehead atoms. The first-order chi connectivity index (χ1) is 12.8. The van der Waals surface area contributed by atoms with Crippen LogP contribution >= 0.6 is 0 Å². The van der Waals surface area contributed by atoms with E-state index in [9.17, 15) is 4.79 Å². The first kappa shape index (κ1) is 19.1. The summed E-state index contributed by atoms with van der Waals surface area (Å²) < 4.78 is 17.2. The number of hydrogen-bond acceptors (Lipinski definition) is 4. The van der Waals surface area contributed by atoms with Crippen LogP contribution in [-0.2, 0) is 4.79 Å². The maximum absolute atomic E-state index is 12.8. The van der Waals surface area contributed by atoms with Crippen molar-refractivity contribution < 1.29 is 19.0 Å². The third-order valence-electron chi connectivity index (χ3n) is 4.68. The number of rotatable bonds is 5. The first-order valence-corrected chi connectivity index (χ1v) is 9.19. The lowest BCUT2D eigenvalue weighted by molar-refractivity contribution is -0.128. The second kappa shape index (κ2) is 7.51. The van der Waals surface area contributed by atoms with Crippen molar-refractivity contribution in [3.05, 3.63) is 53.6 Å². The zero-order valence-corrected chi connectivity index (χ0v) is 16.5. The Kier molecular flexibility index (Phi) is 5.31. The number of nitrogens with one attached hydrogen (secondary N) is 1. The summed E-state index contributed by atoms with van der Waals surface area (Å²) in [4.78, 5) is 12.8. The van der Waals surface area contributed by atoms with E-state index in [1.807, 2.05) is 51.1 Å². The lowest BCUT2D eigenvalue weighted by atomic mass is 9.89. The molecule has 144 valence electrons. The van der Waals surface area contributed by atoms with Gasteiger partial charge in [0, 0.05) is 12.0 Å². The molecule has 2 aromatic rings. The summed E-state index contributed by atoms with van der Waals surface area (Å²) in [6.45, 7) is 7.84. The molecule has 1 N–H and O–H groups in total. The smallest absolute Gasteiger partial charge is 0.261 e. The molecule has 1 aliphatic rings. The molecule has 0 saturated carbocycles. The van der Waals surface area contributed by atoms with Gasteiger partial charge in [0.15, 0.2) is 17.6 Å². The number of carbonyl (C=O) groups excluding carboxylic acids is 1. The highest BCUT2D eigenvalue weighted by Crippen LogP contribution is 2.40. The van der Waals surface area contributed by atoms with E-state index in [4.69, 9.17) is 14.2 Å². The molecule has 0 radical (unpaired) electrons. The van der Waals surface area contributed by atoms with E-state index in [-0.39, 0.29) is 17.6 Å². The zero-order valence-electron chi connectivity index (χ0n) is 16.5. The minimum absolute atomic E-state index is 0.124. The van der Waals surface area contributed by atoms with Gasteiger partial charge in [-0.1, -0.05) is 24.3 Å². The van der Waals surface area contributed by atoms with Crippen molar-refractivity contribution in [1.82, 2.24) is 5.32 Å². The predicted octanol–water partition coefficient (Wildman–Crippen LogP) is 4.19. The van der Waals surface area contributed by atoms with Gasteiger partial charge in [-0.25, -0.2) is 0 Å². The van der Waals surface area contributed by atoms with Crippen molar-refractivity contribution in [2.45, 2.75) is 51.9 Å². The average molecular weight is 369 g/mol. The van der Waals surface area contributed by atoms with Gasteiger partial charge >= 0.3 is 0 Å². The van der Waals surface area contributed by atoms with E-state index < -0.39 is 6.10 Å². The fourth-order valence-corrected chi connectivity index (χ4v) is 3.34. The van der Waals surface area contributed by atoms with Crippen LogP contribution in [0.2, 0.25) is 0 Å². The predicted molar refractivity (Wildman–Crippen MR) is 104 cm³/mol. The number of hydrogen-bond donors (Lipinski definition) is 1. The van der Waals surface area contributed by atoms with Crippen molar-refractivity contribution in [2.75, 3.05) is 7.11 Å². The van der Waals surface area contributed by atoms with Gasteiger partial charge in [0.25, 0.3) is 5.91 Å². The Morgan fingerprint density at radius 3 is 2.63 bits per heavy atom. The Bertz CT molecular complexity index is 831. The minimum atomic E-state index is -0.652. The average Bonchev–Trinajstić information content (AvgIpc) is 2.60. The quantitative estimate of drug-likeness (QED) is 0.859. The third-order valence-corrected chi connectivity index (χ3v) is 4.68. The van der Waals surface area contributed by atoms with E-state index in [1.54, 1.807) is 26.2 Å². The molecule has 0 saturated heterocycles. The highest BCUT2D eigenvalue weighted by molar-refractivity contribution is 5.81. The standard InChI is InChI=1S/C22H27NO4/c1-14-10-11-16-17(13-22(3,4)27-20(16)12-14)23-21(24)15(2)26-19-9-7-6-8-18(19)25-5/h6-12,15,17H,13H2,1-5H3,(H,23,24)/t15-,17-/m1/s1. The molecule has 5 nitrogen and oxygen atoms in total. The molecular weight excluding hydrogens is 342 g/mol. The Balaban J connectivity index is 1.75. The molecule has 27 heavy (non-hydrogen) atoms. The fourth-order valence-electron chi connectivity index (χ4n) is 3.34. The normalized spacial score (nSPS) is 18.6. The number of aryl methyl sites for hydroxylation is 1. The lowest BCUT2D eigenvalue weighted by Crippen LogP contribution is -2.44. The van der Waals surface area contributed by atoms with Crippen LogP contribution in [0, 0.1) is 6.92 Å². The van der Waals surface area contributed by atoms with E-state index in [0.717, 1.165) is 16.9 Å². The van der Waals surface area contributed by atoms with Gasteiger partial charge in [-0.3, -0.25) is 4.79 Å². The lowest BCUT2D eigenvalue weighted by Gasteiger charge is -2.38. The van der Waals surface area contributed by atoms with Gasteiger partial charge in [0.2, 0.25) is 0 Å². The van der Waals surface area contributed by atoms with Gasteiger partial charge in [0.05, 0.1) is 13.2 Å². The number of ether oxygens (including phenoxy) is 3. The maximum Gasteiger partial charge on any atom is 0.261 e. The van der Waals surface area contributed by atoms with Crippen molar-refractivity contribution in [3.8, 4) is 17.2 Å². The maximum atomic E-state index is 12.8. The molecule has 3 rings (SSSR count). The van der Waals surface area contributed by atoms with Crippen molar-refractivity contribution in [2.24, 2.45) is 0 Å². The van der Waals surface area contributed by atoms with E-state index in [1.165, 1.54) is 0 Å². The molecule has 0 aromatic heterocycles. The summed E-state index contributed by atoms with van der Waals surface area (Å²) in [6.07, 6.45) is 0.0389. The first-order valence-electron chi connectivity index (χ1n) is 9.19. The van der Waals surface area contributed by atoms with Crippen LogP contribution in [0.25, 0.3) is 0 Å². The zero-order chi connectivity index (χ0) is 19.6. The summed E-state index contributed by atoms with van der Waals surface area (Å²) in [5.74, 6) is 1.81. The summed E-state index contributed by atoms with van der Waals surface area (Å²) in [5.41, 5.74) is 1.77. The number of methoxy groups -OCH3 is 1. The van der Waals surface area contributed by atoms with Crippen molar-refractivity contribution >= 4 is 5.91 Å². The van der Waals surface area contributed by atoms with E-state index in [0.29, 0.717) is 17.9 Å². The minimum Gasteiger partial charge on any atom is -0.493 e. The fraction of sp³-hybridized carbons (Fsp3) is 0.409. The number of para-hydroxylation sites is 2. The Morgan fingerprint density at radius 1 is 1.22 bits per heavy atom. The second-order valence-electron chi connectivity index (χ2n) is 7.58. The van der Waals surface area contributed by atoms with E-state index >= 15 is 0 Å². The second-order valence-corrected chi connectivity index (χ2v) is 7.58. The van der Waals surface area contributed by atoms with Crippen LogP contribution in [0.4, 0.5) is 0 Å². The van der Waals surface area contributed by atoms with Crippen LogP contribution in [0.15, 0.2) is 42.5 Å². The van der Waals surface area contributed by atoms with Crippen LogP contribution in [0.1, 0.15) is 44.4 Å². The van der Waals surface area contributed by atoms with Gasteiger partial charge in [-0.15, -0.1) is 0 Å². The number of amides is 1. The molecule has 0 aliphatic carbocycles. The van der Waals surface area contributed by atoms with Gasteiger partial charge < -0.3 is 19.5 Å². The SMILES string of the molecule is COc1ccccc1O[C@H](C)C(=O)N[C@@H]1CC(C)(C)Oc2cc(C)ccc21. The Hall–Kier alpha value is -2.69. The van der Waals surface area contributed by atoms with Crippen molar-refractivity contribution in [3.63, 3.8) is 0 Å². The highest BCUT2D eigenvalue weighted by Gasteiger charge is 2.35. The Morgan fingerprint density at radius 2 is 1.93 bits per heavy atom. The summed E-state index contributed by atoms with van der Waals surface area (Å²) in [7, 11) is 1.58. The van der Waals surface area contributed by atoms with E-state index in [2.05, 4.69) is 5.32 Å². The van der Waals surface area contributed by atoms with Crippen LogP contribution < -0.4 is 19.5 Å². The Labute approximate surface area is 160 Å². The van der Waals surface area contributed by atoms with Crippen molar-refractivity contribution in [1.29, 1.82) is 0 Å². The molecule has 1 aliphatic heterocycles. The number of carbonyl (C=O) groups is 1. The molecule has 0 unspecified atom stereocenters. The molecule has 1 amide bonds.